The minimum Gasteiger partial charge on any atom is -0.493 e. The van der Waals surface area contributed by atoms with Crippen LogP contribution < -0.4 is 20.2 Å². The van der Waals surface area contributed by atoms with Gasteiger partial charge in [0.25, 0.3) is 0 Å². The molecule has 0 saturated carbocycles. The second-order valence-electron chi connectivity index (χ2n) is 6.73. The van der Waals surface area contributed by atoms with Crippen LogP contribution in [-0.2, 0) is 16.2 Å². The van der Waals surface area contributed by atoms with Crippen molar-refractivity contribution in [3.8, 4) is 11.5 Å². The van der Waals surface area contributed by atoms with E-state index in [9.17, 15) is 14.0 Å². The molecule has 176 valence electrons. The Kier molecular flexibility index (Phi) is 8.86. The molecule has 0 aromatic heterocycles. The number of halogens is 4. The monoisotopic (exact) mass is 567 g/mol. The minimum atomic E-state index is -1.00. The van der Waals surface area contributed by atoms with Crippen LogP contribution in [0.3, 0.4) is 0 Å². The summed E-state index contributed by atoms with van der Waals surface area (Å²) in [5, 5.41) is 6.73. The van der Waals surface area contributed by atoms with E-state index in [1.807, 2.05) is 0 Å². The Morgan fingerprint density at radius 3 is 2.53 bits per heavy atom. The number of rotatable bonds is 7. The second-order valence-corrected chi connectivity index (χ2v) is 8.42. The van der Waals surface area contributed by atoms with Crippen LogP contribution in [0.15, 0.2) is 64.2 Å². The summed E-state index contributed by atoms with van der Waals surface area (Å²) in [6.45, 7) is 0.199. The first kappa shape index (κ1) is 25.5. The van der Waals surface area contributed by atoms with Gasteiger partial charge in [-0.3, -0.25) is 9.59 Å². The van der Waals surface area contributed by atoms with Gasteiger partial charge in [0, 0.05) is 5.02 Å². The highest BCUT2D eigenvalue weighted by Crippen LogP contribution is 2.37. The van der Waals surface area contributed by atoms with E-state index in [-0.39, 0.29) is 23.1 Å². The lowest BCUT2D eigenvalue weighted by Gasteiger charge is -2.13. The number of carbonyl (C=O) groups excluding carboxylic acids is 2. The number of nitrogens with one attached hydrogen (secondary N) is 2. The molecule has 0 spiro atoms. The van der Waals surface area contributed by atoms with Gasteiger partial charge in [0.15, 0.2) is 11.5 Å². The summed E-state index contributed by atoms with van der Waals surface area (Å²) < 4.78 is 24.8. The van der Waals surface area contributed by atoms with Crippen LogP contribution in [-0.4, -0.2) is 25.1 Å². The van der Waals surface area contributed by atoms with E-state index in [1.165, 1.54) is 37.6 Å². The van der Waals surface area contributed by atoms with E-state index in [0.717, 1.165) is 5.56 Å². The molecule has 0 saturated heterocycles. The maximum Gasteiger partial charge on any atom is 0.329 e. The molecule has 0 fully saturated rings. The van der Waals surface area contributed by atoms with Gasteiger partial charge in [0.2, 0.25) is 0 Å². The van der Waals surface area contributed by atoms with Gasteiger partial charge >= 0.3 is 11.8 Å². The molecule has 2 N–H and O–H groups in total. The van der Waals surface area contributed by atoms with Crippen molar-refractivity contribution in [3.05, 3.63) is 86.1 Å². The second kappa shape index (κ2) is 11.8. The molecule has 3 aromatic rings. The number of hydrazone groups is 1. The highest BCUT2D eigenvalue weighted by atomic mass is 79.9. The zero-order chi connectivity index (χ0) is 24.7. The number of hydrogen-bond acceptors (Lipinski definition) is 5. The van der Waals surface area contributed by atoms with Gasteiger partial charge in [0.1, 0.15) is 12.4 Å². The van der Waals surface area contributed by atoms with Crippen molar-refractivity contribution in [2.24, 2.45) is 5.10 Å². The van der Waals surface area contributed by atoms with Crippen LogP contribution in [0, 0.1) is 5.82 Å². The number of methoxy groups -OCH3 is 1. The summed E-state index contributed by atoms with van der Waals surface area (Å²) in [6.07, 6.45) is 1.33. The Morgan fingerprint density at radius 1 is 1.09 bits per heavy atom. The summed E-state index contributed by atoms with van der Waals surface area (Å²) in [6, 6.07) is 13.7. The average molecular weight is 569 g/mol. The molecule has 0 heterocycles. The lowest BCUT2D eigenvalue weighted by atomic mass is 10.2. The Morgan fingerprint density at radius 2 is 1.82 bits per heavy atom. The standard InChI is InChI=1S/C23H17BrCl2FN3O4/c1-33-20-9-14(8-17(24)21(20)34-12-13-2-5-16(27)6-3-13)11-28-30-23(32)22(31)29-19-10-15(25)4-7-18(19)26/h2-11H,12H2,1H3,(H,29,31)(H,30,32)/b28-11+. The molecule has 3 rings (SSSR count). The van der Waals surface area contributed by atoms with Crippen LogP contribution >= 0.6 is 39.1 Å². The Hall–Kier alpha value is -3.14. The molecular weight excluding hydrogens is 552 g/mol. The largest absolute Gasteiger partial charge is 0.493 e. The predicted molar refractivity (Wildman–Crippen MR) is 132 cm³/mol. The molecule has 0 aliphatic heterocycles. The van der Waals surface area contributed by atoms with Crippen molar-refractivity contribution in [2.45, 2.75) is 6.61 Å². The summed E-state index contributed by atoms with van der Waals surface area (Å²) in [7, 11) is 1.47. The minimum absolute atomic E-state index is 0.197. The van der Waals surface area contributed by atoms with Gasteiger partial charge in [-0.15, -0.1) is 0 Å². The molecule has 0 radical (unpaired) electrons. The summed E-state index contributed by atoms with van der Waals surface area (Å²) in [5.74, 6) is -1.46. The van der Waals surface area contributed by atoms with Crippen LogP contribution in [0.5, 0.6) is 11.5 Å². The normalized spacial score (nSPS) is 10.7. The maximum absolute atomic E-state index is 13.1. The number of nitrogens with zero attached hydrogens (tertiary/aromatic N) is 1. The lowest BCUT2D eigenvalue weighted by molar-refractivity contribution is -0.136. The Bertz CT molecular complexity index is 1240. The number of ether oxygens (including phenoxy) is 2. The molecule has 34 heavy (non-hydrogen) atoms. The number of amides is 2. The molecule has 0 unspecified atom stereocenters. The van der Waals surface area contributed by atoms with E-state index in [2.05, 4.69) is 31.8 Å². The highest BCUT2D eigenvalue weighted by Gasteiger charge is 2.15. The summed E-state index contributed by atoms with van der Waals surface area (Å²) in [5.41, 5.74) is 3.66. The summed E-state index contributed by atoms with van der Waals surface area (Å²) in [4.78, 5) is 24.1. The lowest BCUT2D eigenvalue weighted by Crippen LogP contribution is -2.32. The molecule has 11 heteroatoms. The molecule has 0 bridgehead atoms. The third-order valence-corrected chi connectivity index (χ3v) is 5.46. The van der Waals surface area contributed by atoms with Gasteiger partial charge < -0.3 is 14.8 Å². The van der Waals surface area contributed by atoms with Crippen LogP contribution in [0.1, 0.15) is 11.1 Å². The fourth-order valence-corrected chi connectivity index (χ4v) is 3.59. The quantitative estimate of drug-likeness (QED) is 0.221. The fraction of sp³-hybridized carbons (Fsp3) is 0.0870. The molecule has 0 aliphatic carbocycles. The first-order chi connectivity index (χ1) is 16.3. The maximum atomic E-state index is 13.1. The van der Waals surface area contributed by atoms with Crippen LogP contribution in [0.2, 0.25) is 10.0 Å². The van der Waals surface area contributed by atoms with E-state index in [4.69, 9.17) is 32.7 Å². The molecule has 0 aliphatic rings. The van der Waals surface area contributed by atoms with Crippen LogP contribution in [0.4, 0.5) is 10.1 Å². The number of benzene rings is 3. The van der Waals surface area contributed by atoms with Gasteiger partial charge in [-0.25, -0.2) is 9.82 Å². The van der Waals surface area contributed by atoms with E-state index < -0.39 is 11.8 Å². The smallest absolute Gasteiger partial charge is 0.329 e. The third kappa shape index (κ3) is 6.93. The summed E-state index contributed by atoms with van der Waals surface area (Å²) >= 11 is 15.3. The SMILES string of the molecule is COc1cc(/C=N/NC(=O)C(=O)Nc2cc(Cl)ccc2Cl)cc(Br)c1OCc1ccc(F)cc1. The van der Waals surface area contributed by atoms with E-state index >= 15 is 0 Å². The molecular formula is C23H17BrCl2FN3O4. The van der Waals surface area contributed by atoms with Gasteiger partial charge in [-0.1, -0.05) is 35.3 Å². The van der Waals surface area contributed by atoms with Gasteiger partial charge in [-0.2, -0.15) is 5.10 Å². The van der Waals surface area contributed by atoms with E-state index in [1.54, 1.807) is 30.3 Å². The van der Waals surface area contributed by atoms with Crippen molar-refractivity contribution in [1.82, 2.24) is 5.43 Å². The van der Waals surface area contributed by atoms with Crippen molar-refractivity contribution in [1.29, 1.82) is 0 Å². The number of anilines is 1. The fourth-order valence-electron chi connectivity index (χ4n) is 2.68. The predicted octanol–water partition coefficient (Wildman–Crippen LogP) is 5.57. The molecule has 7 nitrogen and oxygen atoms in total. The third-order valence-electron chi connectivity index (χ3n) is 4.31. The van der Waals surface area contributed by atoms with Crippen molar-refractivity contribution >= 4 is 62.8 Å². The topological polar surface area (TPSA) is 89.0 Å². The molecule has 3 aromatic carbocycles. The number of carbonyl (C=O) groups is 2. The Labute approximate surface area is 213 Å². The first-order valence-corrected chi connectivity index (χ1v) is 11.2. The van der Waals surface area contributed by atoms with Crippen molar-refractivity contribution in [3.63, 3.8) is 0 Å². The highest BCUT2D eigenvalue weighted by molar-refractivity contribution is 9.10. The zero-order valence-electron chi connectivity index (χ0n) is 17.6. The molecule has 0 atom stereocenters. The Balaban J connectivity index is 1.63. The zero-order valence-corrected chi connectivity index (χ0v) is 20.7. The molecule has 2 amide bonds. The van der Waals surface area contributed by atoms with E-state index in [0.29, 0.717) is 26.6 Å². The van der Waals surface area contributed by atoms with Crippen molar-refractivity contribution < 1.29 is 23.5 Å². The van der Waals surface area contributed by atoms with Crippen LogP contribution in [0.25, 0.3) is 0 Å². The first-order valence-electron chi connectivity index (χ1n) is 9.61. The van der Waals surface area contributed by atoms with Crippen molar-refractivity contribution in [2.75, 3.05) is 12.4 Å². The van der Waals surface area contributed by atoms with Gasteiger partial charge in [0.05, 0.1) is 28.5 Å². The average Bonchev–Trinajstić information content (AvgIpc) is 2.81. The van der Waals surface area contributed by atoms with Gasteiger partial charge in [-0.05, 0) is 69.5 Å². The number of hydrogen-bond donors (Lipinski definition) is 2.